The molecule has 11 heteroatoms. The van der Waals surface area contributed by atoms with Gasteiger partial charge in [0.15, 0.2) is 18.7 Å². The maximum Gasteiger partial charge on any atom is 0.306 e. The largest absolute Gasteiger partial charge is 0.462 e. The Morgan fingerprint density at radius 2 is 0.938 bits per heavy atom. The van der Waals surface area contributed by atoms with Gasteiger partial charge in [-0.2, -0.15) is 11.8 Å². The highest BCUT2D eigenvalue weighted by atomic mass is 32.2. The first-order chi connectivity index (χ1) is 39.4. The highest BCUT2D eigenvalue weighted by Crippen LogP contribution is 2.53. The zero-order valence-electron chi connectivity index (χ0n) is 52.1. The van der Waals surface area contributed by atoms with Gasteiger partial charge in [-0.15, -0.1) is 0 Å². The van der Waals surface area contributed by atoms with Gasteiger partial charge >= 0.3 is 17.9 Å². The van der Waals surface area contributed by atoms with Crippen LogP contribution in [0.15, 0.2) is 12.2 Å². The van der Waals surface area contributed by atoms with Crippen molar-refractivity contribution >= 4 is 29.7 Å². The Hall–Kier alpha value is -1.66. The molecule has 4 rings (SSSR count). The molecule has 3 saturated heterocycles. The lowest BCUT2D eigenvalue weighted by atomic mass is 9.88. The number of hydrogen-bond donors (Lipinski definition) is 0. The molecule has 1 saturated carbocycles. The van der Waals surface area contributed by atoms with Gasteiger partial charge in [0.1, 0.15) is 13.2 Å². The molecule has 1 aliphatic carbocycles. The zero-order chi connectivity index (χ0) is 56.8. The van der Waals surface area contributed by atoms with Gasteiger partial charge in [0.2, 0.25) is 0 Å². The molecule has 0 aromatic carbocycles. The van der Waals surface area contributed by atoms with Gasteiger partial charge in [0.25, 0.3) is 0 Å². The first-order valence-corrected chi connectivity index (χ1v) is 35.7. The Balaban J connectivity index is 1.17. The van der Waals surface area contributed by atoms with Crippen LogP contribution in [0.1, 0.15) is 329 Å². The number of hydrogen-bond acceptors (Lipinski definition) is 11. The Morgan fingerprint density at radius 1 is 0.500 bits per heavy atom. The van der Waals surface area contributed by atoms with Crippen molar-refractivity contribution in [1.29, 1.82) is 0 Å². The summed E-state index contributed by atoms with van der Waals surface area (Å²) in [5, 5.41) is 1.08. The van der Waals surface area contributed by atoms with Crippen LogP contribution in [0.5, 0.6) is 0 Å². The van der Waals surface area contributed by atoms with Crippen LogP contribution in [0.2, 0.25) is 0 Å². The summed E-state index contributed by atoms with van der Waals surface area (Å²) in [5.74, 6) is -0.0404. The van der Waals surface area contributed by atoms with Crippen molar-refractivity contribution in [3.63, 3.8) is 0 Å². The predicted octanol–water partition coefficient (Wildman–Crippen LogP) is 19.5. The topological polar surface area (TPSA) is 116 Å². The van der Waals surface area contributed by atoms with Crippen LogP contribution in [-0.4, -0.2) is 85.7 Å². The van der Waals surface area contributed by atoms with E-state index in [2.05, 4.69) is 44.7 Å². The molecule has 0 bridgehead atoms. The van der Waals surface area contributed by atoms with Crippen LogP contribution in [0.3, 0.4) is 0 Å². The van der Waals surface area contributed by atoms with Crippen LogP contribution < -0.4 is 0 Å². The fourth-order valence-corrected chi connectivity index (χ4v) is 14.6. The lowest BCUT2D eigenvalue weighted by molar-refractivity contribution is -0.192. The normalized spacial score (nSPS) is 22.5. The van der Waals surface area contributed by atoms with E-state index in [0.717, 1.165) is 135 Å². The highest BCUT2D eigenvalue weighted by Gasteiger charge is 2.49. The summed E-state index contributed by atoms with van der Waals surface area (Å²) in [6, 6.07) is 0. The second-order valence-corrected chi connectivity index (χ2v) is 26.5. The molecule has 80 heavy (non-hydrogen) atoms. The fraction of sp³-hybridized carbons (Fsp3) is 0.928. The van der Waals surface area contributed by atoms with E-state index in [1.165, 1.54) is 167 Å². The first kappa shape index (κ1) is 70.8. The second kappa shape index (κ2) is 48.6. The summed E-state index contributed by atoms with van der Waals surface area (Å²) in [5.41, 5.74) is 0. The fourth-order valence-electron chi connectivity index (χ4n) is 12.6. The van der Waals surface area contributed by atoms with E-state index in [0.29, 0.717) is 35.2 Å². The van der Waals surface area contributed by atoms with Crippen LogP contribution in [-0.2, 0) is 47.5 Å². The summed E-state index contributed by atoms with van der Waals surface area (Å²) >= 11 is 2.13. The lowest BCUT2D eigenvalue weighted by Crippen LogP contribution is -2.31. The molecule has 0 aromatic heterocycles. The smallest absolute Gasteiger partial charge is 0.306 e. The Labute approximate surface area is 495 Å². The first-order valence-electron chi connectivity index (χ1n) is 34.8. The van der Waals surface area contributed by atoms with Gasteiger partial charge in [-0.05, 0) is 89.4 Å². The Bertz CT molecular complexity index is 1460. The summed E-state index contributed by atoms with van der Waals surface area (Å²) in [6.45, 7) is 8.19. The number of rotatable bonds is 52. The van der Waals surface area contributed by atoms with Crippen molar-refractivity contribution in [3.05, 3.63) is 12.2 Å². The van der Waals surface area contributed by atoms with Crippen LogP contribution in [0, 0.1) is 11.8 Å². The third-order valence-electron chi connectivity index (χ3n) is 17.6. The highest BCUT2D eigenvalue weighted by molar-refractivity contribution is 8.00. The van der Waals surface area contributed by atoms with E-state index in [-0.39, 0.29) is 62.3 Å². The quantitative estimate of drug-likeness (QED) is 0.0251. The van der Waals surface area contributed by atoms with Crippen molar-refractivity contribution in [2.75, 3.05) is 26.4 Å². The zero-order valence-corrected chi connectivity index (χ0v) is 52.9. The van der Waals surface area contributed by atoms with Crippen molar-refractivity contribution < 1.29 is 47.5 Å². The van der Waals surface area contributed by atoms with Gasteiger partial charge < -0.3 is 33.2 Å². The van der Waals surface area contributed by atoms with E-state index in [1.54, 1.807) is 0 Å². The number of ether oxygens (including phenoxy) is 7. The Kier molecular flexibility index (Phi) is 43.0. The van der Waals surface area contributed by atoms with E-state index < -0.39 is 6.10 Å². The third kappa shape index (κ3) is 35.0. The lowest BCUT2D eigenvalue weighted by Gasteiger charge is -2.30. The number of esters is 3. The van der Waals surface area contributed by atoms with Crippen molar-refractivity contribution in [2.45, 2.75) is 370 Å². The average Bonchev–Trinajstić information content (AvgIpc) is 4.12. The molecule has 466 valence electrons. The second-order valence-electron chi connectivity index (χ2n) is 25.0. The van der Waals surface area contributed by atoms with Gasteiger partial charge in [-0.1, -0.05) is 238 Å². The van der Waals surface area contributed by atoms with Gasteiger partial charge in [-0.25, -0.2) is 0 Å². The molecule has 4 aliphatic rings. The molecule has 0 aromatic rings. The van der Waals surface area contributed by atoms with Gasteiger partial charge in [0.05, 0.1) is 12.2 Å². The number of thioether (sulfide) groups is 1. The van der Waals surface area contributed by atoms with Crippen LogP contribution >= 0.6 is 11.8 Å². The minimum atomic E-state index is -0.812. The molecule has 0 radical (unpaired) electrons. The molecule has 3 aliphatic heterocycles. The SMILES string of the molecule is CCCCCCCCCCCCCCCCCC(=O)OCC(COC(=O)CCCCCCCCCCCCCCCCC)OC(=O)CCCCC1C[C@@H]2[C@@H](/C=C/[C@H](CCCCC)OC3CCCCO3)[C@H](OC3CCCCO3)C[C@H]2S1. The number of fused-ring (bicyclic) bond motifs is 1. The monoisotopic (exact) mass is 1140 g/mol. The van der Waals surface area contributed by atoms with Crippen LogP contribution in [0.25, 0.3) is 0 Å². The minimum absolute atomic E-state index is 0.0471. The molecule has 0 spiro atoms. The molecule has 0 amide bonds. The van der Waals surface area contributed by atoms with Gasteiger partial charge in [0, 0.05) is 48.9 Å². The maximum atomic E-state index is 13.4. The third-order valence-corrected chi connectivity index (χ3v) is 19.3. The molecular weight excluding hydrogens is 1020 g/mol. The van der Waals surface area contributed by atoms with Crippen molar-refractivity contribution in [2.24, 2.45) is 11.8 Å². The molecule has 10 nitrogen and oxygen atoms in total. The summed E-state index contributed by atoms with van der Waals surface area (Å²) in [4.78, 5) is 39.2. The standard InChI is InChI=1S/C69H124O10S/c1-4-7-10-12-14-16-18-20-22-24-26-28-30-32-35-45-65(70)75-56-59(57-76-66(71)46-36-33-31-29-27-25-23-21-19-17-15-13-11-8-5-2)77-67(72)47-38-37-44-60-54-62-61(63(55-64(62)80-60)79-69-49-40-42-53-74-69)51-50-58(43-34-9-6-3)78-68-48-39-41-52-73-68/h50-51,58-64,68-69H,4-49,52-57H2,1-3H3/b51-50+/t58-,60?,61+,62+,63+,64+,68?,69?/m0/s1. The molecule has 8 atom stereocenters. The minimum Gasteiger partial charge on any atom is -0.462 e. The van der Waals surface area contributed by atoms with E-state index in [4.69, 9.17) is 33.2 Å². The summed E-state index contributed by atoms with van der Waals surface area (Å²) < 4.78 is 42.8. The number of carbonyl (C=O) groups is 3. The summed E-state index contributed by atoms with van der Waals surface area (Å²) in [6.07, 6.45) is 59.0. The number of unbranched alkanes of at least 4 members (excludes halogenated alkanes) is 31. The number of carbonyl (C=O) groups excluding carboxylic acids is 3. The predicted molar refractivity (Wildman–Crippen MR) is 331 cm³/mol. The molecule has 3 heterocycles. The maximum absolute atomic E-state index is 13.4. The molecular formula is C69H124O10S. The Morgan fingerprint density at radius 3 is 1.41 bits per heavy atom. The van der Waals surface area contributed by atoms with Crippen molar-refractivity contribution in [1.82, 2.24) is 0 Å². The molecule has 4 fully saturated rings. The van der Waals surface area contributed by atoms with Gasteiger partial charge in [-0.3, -0.25) is 14.4 Å². The van der Waals surface area contributed by atoms with Crippen molar-refractivity contribution in [3.8, 4) is 0 Å². The molecule has 0 N–H and O–H groups in total. The van der Waals surface area contributed by atoms with E-state index in [9.17, 15) is 14.4 Å². The molecule has 3 unspecified atom stereocenters. The summed E-state index contributed by atoms with van der Waals surface area (Å²) in [7, 11) is 0. The van der Waals surface area contributed by atoms with E-state index in [1.807, 2.05) is 0 Å². The average molecular weight is 1150 g/mol. The van der Waals surface area contributed by atoms with E-state index >= 15 is 0 Å². The van der Waals surface area contributed by atoms with Crippen LogP contribution in [0.4, 0.5) is 0 Å².